The van der Waals surface area contributed by atoms with Gasteiger partial charge in [-0.05, 0) is 51.3 Å². The fourth-order valence-electron chi connectivity index (χ4n) is 6.69. The minimum absolute atomic E-state index is 0.205. The number of rotatable bonds is 6. The van der Waals surface area contributed by atoms with Crippen LogP contribution < -0.4 is 19.3 Å². The van der Waals surface area contributed by atoms with Crippen LogP contribution >= 0.6 is 0 Å². The Labute approximate surface area is 228 Å². The number of pyridine rings is 2. The molecule has 4 aliphatic heterocycles. The van der Waals surface area contributed by atoms with Gasteiger partial charge >= 0.3 is 0 Å². The van der Waals surface area contributed by atoms with Gasteiger partial charge in [0.05, 0.1) is 52.9 Å². The normalized spacial score (nSPS) is 20.4. The van der Waals surface area contributed by atoms with Crippen molar-refractivity contribution in [3.8, 4) is 22.8 Å². The Morgan fingerprint density at radius 1 is 1.08 bits per heavy atom. The Bertz CT molecular complexity index is 1360. The third-order valence-electron chi connectivity index (χ3n) is 8.88. The molecule has 9 heteroatoms. The van der Waals surface area contributed by atoms with Gasteiger partial charge < -0.3 is 28.9 Å². The van der Waals surface area contributed by atoms with E-state index in [9.17, 15) is 0 Å². The zero-order valence-electron chi connectivity index (χ0n) is 22.6. The summed E-state index contributed by atoms with van der Waals surface area (Å²) < 4.78 is 34.0. The fourth-order valence-corrected chi connectivity index (χ4v) is 6.69. The van der Waals surface area contributed by atoms with E-state index in [2.05, 4.69) is 31.7 Å². The molecule has 0 unspecified atom stereocenters. The van der Waals surface area contributed by atoms with Crippen LogP contribution in [-0.4, -0.2) is 80.2 Å². The van der Waals surface area contributed by atoms with Crippen molar-refractivity contribution < 1.29 is 18.6 Å². The fraction of sp³-hybridized carbons (Fsp3) is 0.533. The number of benzene rings is 1. The average molecular weight is 534 g/mol. The molecule has 2 saturated heterocycles. The van der Waals surface area contributed by atoms with Crippen molar-refractivity contribution in [1.29, 1.82) is 0 Å². The van der Waals surface area contributed by atoms with Crippen LogP contribution in [-0.2, 0) is 4.74 Å². The molecule has 2 fully saturated rings. The highest BCUT2D eigenvalue weighted by Gasteiger charge is 2.47. The molecule has 206 valence electrons. The highest BCUT2D eigenvalue weighted by molar-refractivity contribution is 6.07. The summed E-state index contributed by atoms with van der Waals surface area (Å²) in [6.07, 6.45) is 10.2. The molecule has 8 nitrogen and oxygen atoms in total. The second-order valence-electron chi connectivity index (χ2n) is 11.3. The maximum Gasteiger partial charge on any atom is 0.213 e. The van der Waals surface area contributed by atoms with Gasteiger partial charge in [0.15, 0.2) is 0 Å². The Morgan fingerprint density at radius 3 is 2.72 bits per heavy atom. The summed E-state index contributed by atoms with van der Waals surface area (Å²) in [5.41, 5.74) is 3.63. The summed E-state index contributed by atoms with van der Waals surface area (Å²) in [5.74, 6) is 0.750. The minimum Gasteiger partial charge on any atom is -0.490 e. The largest absolute Gasteiger partial charge is 0.490 e. The lowest BCUT2D eigenvalue weighted by Crippen LogP contribution is -2.56. The van der Waals surface area contributed by atoms with E-state index in [1.165, 1.54) is 38.4 Å². The Kier molecular flexibility index (Phi) is 6.43. The molecule has 0 radical (unpaired) electrons. The minimum atomic E-state index is -0.359. The molecule has 0 amide bonds. The number of fused-ring (bicyclic) bond motifs is 1. The molecule has 39 heavy (non-hydrogen) atoms. The van der Waals surface area contributed by atoms with Crippen LogP contribution in [0.1, 0.15) is 38.5 Å². The molecule has 2 aromatic heterocycles. The van der Waals surface area contributed by atoms with Gasteiger partial charge in [0, 0.05) is 50.7 Å². The molecule has 0 aliphatic carbocycles. The average Bonchev–Trinajstić information content (AvgIpc) is 3.26. The van der Waals surface area contributed by atoms with Gasteiger partial charge in [-0.15, -0.1) is 0 Å². The molecule has 1 spiro atoms. The Morgan fingerprint density at radius 2 is 1.92 bits per heavy atom. The summed E-state index contributed by atoms with van der Waals surface area (Å²) in [5, 5.41) is 0.870. The van der Waals surface area contributed by atoms with E-state index in [0.29, 0.717) is 54.7 Å². The van der Waals surface area contributed by atoms with E-state index in [1.807, 2.05) is 18.3 Å². The van der Waals surface area contributed by atoms with Crippen LogP contribution in [0.5, 0.6) is 11.6 Å². The monoisotopic (exact) mass is 533 g/mol. The second kappa shape index (κ2) is 10.1. The van der Waals surface area contributed by atoms with E-state index >= 15 is 4.39 Å². The van der Waals surface area contributed by atoms with Crippen LogP contribution in [0.2, 0.25) is 0 Å². The quantitative estimate of drug-likeness (QED) is 0.417. The van der Waals surface area contributed by atoms with Crippen LogP contribution in [0.25, 0.3) is 22.0 Å². The van der Waals surface area contributed by atoms with Gasteiger partial charge in [-0.25, -0.2) is 9.37 Å². The first-order chi connectivity index (χ1) is 19.1. The van der Waals surface area contributed by atoms with E-state index in [1.54, 1.807) is 6.20 Å². The number of piperidine rings is 1. The molecule has 1 aromatic carbocycles. The van der Waals surface area contributed by atoms with Gasteiger partial charge in [-0.1, -0.05) is 6.42 Å². The van der Waals surface area contributed by atoms with E-state index in [4.69, 9.17) is 14.2 Å². The van der Waals surface area contributed by atoms with E-state index in [0.717, 1.165) is 49.2 Å². The molecule has 3 aromatic rings. The van der Waals surface area contributed by atoms with Gasteiger partial charge in [-0.2, -0.15) is 0 Å². The number of nitrogens with zero attached hydrogens (tertiary/aromatic N) is 5. The van der Waals surface area contributed by atoms with Crippen molar-refractivity contribution in [2.24, 2.45) is 0 Å². The highest BCUT2D eigenvalue weighted by atomic mass is 19.1. The van der Waals surface area contributed by atoms with Crippen molar-refractivity contribution in [3.63, 3.8) is 0 Å². The highest BCUT2D eigenvalue weighted by Crippen LogP contribution is 2.53. The van der Waals surface area contributed by atoms with E-state index in [-0.39, 0.29) is 11.4 Å². The van der Waals surface area contributed by atoms with Crippen LogP contribution in [0.15, 0.2) is 30.6 Å². The van der Waals surface area contributed by atoms with Crippen LogP contribution in [0.3, 0.4) is 0 Å². The Hall–Kier alpha value is -3.17. The number of anilines is 2. The summed E-state index contributed by atoms with van der Waals surface area (Å²) in [6.45, 7) is 6.65. The molecular formula is C30H36FN5O3. The maximum absolute atomic E-state index is 15.8. The van der Waals surface area contributed by atoms with Crippen molar-refractivity contribution in [3.05, 3.63) is 36.4 Å². The smallest absolute Gasteiger partial charge is 0.213 e. The second-order valence-corrected chi connectivity index (χ2v) is 11.3. The van der Waals surface area contributed by atoms with Crippen molar-refractivity contribution >= 4 is 22.3 Å². The standard InChI is InChI=1S/C30H36FN5O3/c1-34-20-36-28-24(34)18-32-23-16-22(31)26(29(27(23)28)39-19-30(36)8-14-37-15-9-30)21-6-7-25(33-17-21)38-13-5-12-35-10-3-2-4-11-35/h6-7,16-18H,2-5,8-15,19-20H2,1H3. The molecule has 6 heterocycles. The third kappa shape index (κ3) is 4.36. The number of likely N-dealkylation sites (tertiary alicyclic amines) is 1. The first-order valence-electron chi connectivity index (χ1n) is 14.3. The summed E-state index contributed by atoms with van der Waals surface area (Å²) >= 11 is 0. The first-order valence-corrected chi connectivity index (χ1v) is 14.3. The predicted molar refractivity (Wildman–Crippen MR) is 149 cm³/mol. The van der Waals surface area contributed by atoms with E-state index < -0.39 is 0 Å². The van der Waals surface area contributed by atoms with Gasteiger partial charge in [0.2, 0.25) is 5.88 Å². The molecule has 4 aliphatic rings. The maximum atomic E-state index is 15.8. The van der Waals surface area contributed by atoms with Crippen molar-refractivity contribution in [2.45, 2.75) is 44.1 Å². The number of aromatic nitrogens is 2. The number of halogens is 1. The third-order valence-corrected chi connectivity index (χ3v) is 8.88. The first kappa shape index (κ1) is 24.8. The van der Waals surface area contributed by atoms with Crippen molar-refractivity contribution in [2.75, 3.05) is 69.6 Å². The Balaban J connectivity index is 1.19. The number of hydrogen-bond donors (Lipinski definition) is 0. The lowest BCUT2D eigenvalue weighted by atomic mass is 9.89. The number of ether oxygens (including phenoxy) is 3. The van der Waals surface area contributed by atoms with Crippen molar-refractivity contribution in [1.82, 2.24) is 14.9 Å². The van der Waals surface area contributed by atoms with Crippen LogP contribution in [0, 0.1) is 5.82 Å². The van der Waals surface area contributed by atoms with Crippen LogP contribution in [0.4, 0.5) is 15.8 Å². The molecule has 7 rings (SSSR count). The zero-order chi connectivity index (χ0) is 26.4. The van der Waals surface area contributed by atoms with Gasteiger partial charge in [0.1, 0.15) is 18.2 Å². The number of hydrogen-bond acceptors (Lipinski definition) is 8. The predicted octanol–water partition coefficient (Wildman–Crippen LogP) is 4.85. The zero-order valence-corrected chi connectivity index (χ0v) is 22.6. The lowest BCUT2D eigenvalue weighted by molar-refractivity contribution is 0.0323. The molecule has 0 atom stereocenters. The van der Waals surface area contributed by atoms with Gasteiger partial charge in [-0.3, -0.25) is 4.98 Å². The molecular weight excluding hydrogens is 497 g/mol. The molecule has 0 bridgehead atoms. The summed E-state index contributed by atoms with van der Waals surface area (Å²) in [7, 11) is 2.08. The van der Waals surface area contributed by atoms with Gasteiger partial charge in [0.25, 0.3) is 0 Å². The SMILES string of the molecule is CN1CN2c3c1cnc1cc(F)c(-c4ccc(OCCCN5CCCCC5)nc4)c(c31)OCC21CCOCC1. The summed E-state index contributed by atoms with van der Waals surface area (Å²) in [6, 6.07) is 5.24. The topological polar surface area (TPSA) is 63.2 Å². The lowest BCUT2D eigenvalue weighted by Gasteiger charge is -2.44. The molecule has 0 N–H and O–H groups in total. The summed E-state index contributed by atoms with van der Waals surface area (Å²) in [4.78, 5) is 16.3. The molecule has 0 saturated carbocycles.